The zero-order chi connectivity index (χ0) is 68.8. The molecule has 9 rings (SSSR count). The van der Waals surface area contributed by atoms with Crippen molar-refractivity contribution in [3.05, 3.63) is 191 Å². The van der Waals surface area contributed by atoms with Gasteiger partial charge in [-0.05, 0) is 172 Å². The van der Waals surface area contributed by atoms with Crippen LogP contribution in [0.15, 0.2) is 109 Å². The van der Waals surface area contributed by atoms with Gasteiger partial charge in [-0.2, -0.15) is 0 Å². The number of carbonyl (C=O) groups is 2. The van der Waals surface area contributed by atoms with Crippen molar-refractivity contribution in [2.45, 2.75) is 0 Å². The summed E-state index contributed by atoms with van der Waals surface area (Å²) in [4.78, 5) is 88.2. The molecule has 0 saturated carbocycles. The number of nitrogens with one attached hydrogen (secondary N) is 2. The molecular weight excluding hydrogens is 1990 g/mol. The number of aliphatic hydroxyl groups is 1. The second-order valence-electron chi connectivity index (χ2n) is 17.8. The summed E-state index contributed by atoms with van der Waals surface area (Å²) in [7, 11) is 0. The Morgan fingerprint density at radius 3 is 1.15 bits per heavy atom. The maximum atomic E-state index is 11.6. The van der Waals surface area contributed by atoms with Gasteiger partial charge in [-0.25, -0.2) is 0 Å². The predicted molar refractivity (Wildman–Crippen MR) is 376 cm³/mol. The van der Waals surface area contributed by atoms with E-state index >= 15 is 0 Å². The number of non-ortho nitro benzene ring substituents is 6. The van der Waals surface area contributed by atoms with E-state index in [2.05, 4.69) is 65.6 Å². The van der Waals surface area contributed by atoms with Crippen LogP contribution in [0.25, 0.3) is 0 Å². The Labute approximate surface area is 653 Å². The fraction of sp³-hybridized carbons (Fsp3) is 0.255. The molecule has 34 nitrogen and oxygen atoms in total. The molecule has 0 atom stereocenters. The van der Waals surface area contributed by atoms with Crippen molar-refractivity contribution in [1.29, 1.82) is 0 Å². The molecular formula is C51H50I6KMnN12O22. The summed E-state index contributed by atoms with van der Waals surface area (Å²) in [5.41, 5.74) is 9.59. The van der Waals surface area contributed by atoms with Crippen LogP contribution in [-0.4, -0.2) is 132 Å². The van der Waals surface area contributed by atoms with Gasteiger partial charge >= 0.3 is 80.0 Å². The first-order valence-electron chi connectivity index (χ1n) is 25.4. The number of carbonyl (C=O) groups excluding carboxylic acids is 2. The van der Waals surface area contributed by atoms with E-state index in [-0.39, 0.29) is 114 Å². The second kappa shape index (κ2) is 43.7. The van der Waals surface area contributed by atoms with Crippen LogP contribution in [0.1, 0.15) is 0 Å². The summed E-state index contributed by atoms with van der Waals surface area (Å²) >= 11 is 6.50. The van der Waals surface area contributed by atoms with Crippen molar-refractivity contribution < 1.29 is 138 Å². The number of benzene rings is 6. The molecule has 3 aliphatic rings. The van der Waals surface area contributed by atoms with Crippen molar-refractivity contribution in [2.24, 2.45) is 0 Å². The van der Waals surface area contributed by atoms with Gasteiger partial charge in [0.15, 0.2) is 0 Å². The third-order valence-electron chi connectivity index (χ3n) is 11.3. The van der Waals surface area contributed by atoms with Crippen LogP contribution >= 0.6 is 136 Å². The van der Waals surface area contributed by atoms with Gasteiger partial charge in [0.1, 0.15) is 6.61 Å². The van der Waals surface area contributed by atoms with Crippen molar-refractivity contribution in [3.63, 3.8) is 0 Å². The van der Waals surface area contributed by atoms with Gasteiger partial charge in [-0.1, -0.05) is 0 Å². The molecule has 0 unspecified atom stereocenters. The topological polar surface area (TPSA) is 475 Å². The maximum absolute atomic E-state index is 11.6. The van der Waals surface area contributed by atoms with Crippen LogP contribution < -0.4 is 86.6 Å². The SMILES string of the molecule is Nc1cc(I)cc([N+](=O)[O-])c1.O=C1COCCN1c1cc(I)cc([N+](=O)[O-])c1.O=CNc1cc(I)cc([N+](=O)[O-])c1.O=[N+]([O-])c1cc(I)cc(N2CCOCC2)c1.O=[N+]([O-])c1cc(I)cc(N2CCOCC2)c1.O=[N+]([O-])c1cc(I)cc(NCCO)c1.[K+].[O]=[Mn](=[O])(=[O])[O-]. The number of anilines is 6. The second-order valence-corrected chi connectivity index (χ2v) is 26.4. The average molecular weight is 2040 g/mol. The number of amides is 2. The van der Waals surface area contributed by atoms with E-state index in [1.54, 1.807) is 48.5 Å². The minimum atomic E-state index is -5.62. The minimum absolute atomic E-state index is 0. The van der Waals surface area contributed by atoms with Crippen molar-refractivity contribution in [3.8, 4) is 0 Å². The molecule has 3 saturated heterocycles. The summed E-state index contributed by atoms with van der Waals surface area (Å²) < 4.78 is 54.6. The van der Waals surface area contributed by atoms with Gasteiger partial charge < -0.3 is 50.4 Å². The van der Waals surface area contributed by atoms with E-state index in [0.29, 0.717) is 78.9 Å². The molecule has 5 N–H and O–H groups in total. The van der Waals surface area contributed by atoms with Gasteiger partial charge in [0.2, 0.25) is 6.41 Å². The van der Waals surface area contributed by atoms with Crippen molar-refractivity contribution in [1.82, 2.24) is 0 Å². The molecule has 3 fully saturated rings. The molecule has 0 bridgehead atoms. The number of nitro groups is 6. The molecule has 0 aromatic heterocycles. The Kier molecular flexibility index (Phi) is 39.8. The van der Waals surface area contributed by atoms with E-state index in [9.17, 15) is 70.3 Å². The predicted octanol–water partition coefficient (Wildman–Crippen LogP) is 6.24. The van der Waals surface area contributed by atoms with E-state index in [4.69, 9.17) is 40.7 Å². The number of rotatable bonds is 14. The molecule has 3 heterocycles. The number of halogens is 6. The summed E-state index contributed by atoms with van der Waals surface area (Å²) in [6, 6.07) is 28.5. The monoisotopic (exact) mass is 2040 g/mol. The van der Waals surface area contributed by atoms with E-state index < -0.39 is 32.7 Å². The zero-order valence-corrected chi connectivity index (χ0v) is 65.2. The van der Waals surface area contributed by atoms with Gasteiger partial charge in [-0.3, -0.25) is 70.3 Å². The van der Waals surface area contributed by atoms with Gasteiger partial charge in [-0.15, -0.1) is 0 Å². The number of aliphatic hydroxyl groups excluding tert-OH is 1. The van der Waals surface area contributed by atoms with Crippen LogP contribution in [0.3, 0.4) is 0 Å². The van der Waals surface area contributed by atoms with E-state index in [1.807, 2.05) is 102 Å². The standard InChI is InChI=1S/C10H9IN2O4.2C10H11IN2O3.C8H9IN2O3.C7H5IN2O3.C6H5IN2O2.K.Mn.4O/c11-7-3-8(5-9(4-7)13(15)16)12-1-2-17-6-10(12)14;2*11-8-5-9(7-10(6-8)13(14)15)12-1-3-16-4-2-12;9-6-3-7(10-1-2-12)5-8(4-6)11(13)14;8-5-1-6(9-4-11)3-7(2-5)10(12)13;7-4-1-5(8)3-6(2-4)9(10)11;;;;;;/h3-5H,1-2,6H2;2*5-7H,1-4H2;3-5,10,12H,1-2H2;1-4H,(H,9,11);1-3H,8H2;;;;;;/q;;;;;;+1;;;;;-1. The Hall–Kier alpha value is -4.40. The Morgan fingerprint density at radius 1 is 0.484 bits per heavy atom. The molecule has 0 radical (unpaired) electrons. The fourth-order valence-corrected chi connectivity index (χ4v) is 11.4. The normalized spacial score (nSPS) is 13.0. The Morgan fingerprint density at radius 2 is 0.796 bits per heavy atom. The number of nitrogens with zero attached hydrogens (tertiary/aromatic N) is 9. The molecule has 2 amide bonds. The van der Waals surface area contributed by atoms with Gasteiger partial charge in [0.05, 0.1) is 74.9 Å². The number of nitro benzene ring substituents is 6. The molecule has 3 aliphatic heterocycles. The van der Waals surface area contributed by atoms with E-state index in [1.165, 1.54) is 53.4 Å². The van der Waals surface area contributed by atoms with Crippen LogP contribution in [0.2, 0.25) is 0 Å². The van der Waals surface area contributed by atoms with Crippen LogP contribution in [-0.2, 0) is 48.3 Å². The summed E-state index contributed by atoms with van der Waals surface area (Å²) in [5.74, 6) is -0.174. The molecule has 6 aromatic carbocycles. The first kappa shape index (κ1) is 84.7. The first-order chi connectivity index (χ1) is 43.3. The molecule has 42 heteroatoms. The molecule has 496 valence electrons. The van der Waals surface area contributed by atoms with Crippen LogP contribution in [0, 0.1) is 82.1 Å². The number of ether oxygens (including phenoxy) is 3. The molecule has 0 aliphatic carbocycles. The van der Waals surface area contributed by atoms with Crippen LogP contribution in [0.4, 0.5) is 68.2 Å². The molecule has 6 aromatic rings. The molecule has 93 heavy (non-hydrogen) atoms. The zero-order valence-electron chi connectivity index (χ0n) is 47.9. The number of nitrogens with two attached hydrogens (primary N) is 1. The third-order valence-corrected chi connectivity index (χ3v) is 15.0. The first-order valence-corrected chi connectivity index (χ1v) is 33.8. The van der Waals surface area contributed by atoms with Gasteiger partial charge in [0, 0.05) is 162 Å². The van der Waals surface area contributed by atoms with Crippen LogP contribution in [0.5, 0.6) is 0 Å². The summed E-state index contributed by atoms with van der Waals surface area (Å²) in [6.45, 7) is 7.16. The number of hydrogen-bond acceptors (Lipinski definition) is 26. The third kappa shape index (κ3) is 33.9. The molecule has 0 spiro atoms. The summed E-state index contributed by atoms with van der Waals surface area (Å²) in [6.07, 6.45) is 0.481. The van der Waals surface area contributed by atoms with Crippen molar-refractivity contribution >= 4 is 216 Å². The summed E-state index contributed by atoms with van der Waals surface area (Å²) in [5, 5.41) is 77.2. The van der Waals surface area contributed by atoms with Crippen molar-refractivity contribution in [2.75, 3.05) is 117 Å². The average Bonchev–Trinajstić information content (AvgIpc) is 0.903. The number of hydrogen-bond donors (Lipinski definition) is 4. The van der Waals surface area contributed by atoms with E-state index in [0.717, 1.165) is 55.4 Å². The number of morpholine rings is 3. The Balaban J connectivity index is 0.000000375. The fourth-order valence-electron chi connectivity index (χ4n) is 7.46. The quantitative estimate of drug-likeness (QED) is 0.0234. The van der Waals surface area contributed by atoms with Gasteiger partial charge in [0.25, 0.3) is 40.0 Å². The number of nitrogen functional groups attached to an aromatic ring is 1. The Bertz CT molecular complexity index is 3680.